The van der Waals surface area contributed by atoms with Crippen LogP contribution in [0.2, 0.25) is 10.0 Å². The van der Waals surface area contributed by atoms with E-state index in [1.54, 1.807) is 41.0 Å². The molecule has 1 aromatic heterocycles. The Hall–Kier alpha value is -2.05. The monoisotopic (exact) mass is 394 g/mol. The zero-order chi connectivity index (χ0) is 18.8. The number of carbonyl (C=O) groups is 2. The van der Waals surface area contributed by atoms with Crippen molar-refractivity contribution in [2.24, 2.45) is 18.7 Å². The molecule has 1 atom stereocenters. The van der Waals surface area contributed by atoms with E-state index in [4.69, 9.17) is 28.9 Å². The molecular weight excluding hydrogens is 375 g/mol. The molecule has 6 nitrogen and oxygen atoms in total. The van der Waals surface area contributed by atoms with E-state index in [0.29, 0.717) is 23.1 Å². The zero-order valence-electron chi connectivity index (χ0n) is 14.4. The number of hydrogen-bond donors (Lipinski definition) is 1. The molecular formula is C18H20Cl2N4O2. The Morgan fingerprint density at radius 2 is 1.96 bits per heavy atom. The lowest BCUT2D eigenvalue weighted by Gasteiger charge is -2.31. The molecule has 0 aliphatic carbocycles. The standard InChI is InChI=1S/C18H20Cl2N4O2/c1-23-16(8-17(25)24-4-2-3-11(10-24)18(21)26)15(9-22-23)12-5-13(19)7-14(20)6-12/h5-7,9,11H,2-4,8,10H2,1H3,(H2,21,26)/t11-/m0/s1. The summed E-state index contributed by atoms with van der Waals surface area (Å²) in [6.07, 6.45) is 3.40. The molecule has 26 heavy (non-hydrogen) atoms. The third-order valence-electron chi connectivity index (χ3n) is 4.73. The first-order valence-electron chi connectivity index (χ1n) is 8.39. The predicted octanol–water partition coefficient (Wildman–Crippen LogP) is 2.66. The van der Waals surface area contributed by atoms with E-state index in [-0.39, 0.29) is 24.2 Å². The van der Waals surface area contributed by atoms with Crippen molar-refractivity contribution in [3.63, 3.8) is 0 Å². The van der Waals surface area contributed by atoms with Crippen LogP contribution >= 0.6 is 23.2 Å². The van der Waals surface area contributed by atoms with Crippen LogP contribution in [0.4, 0.5) is 0 Å². The summed E-state index contributed by atoms with van der Waals surface area (Å²) >= 11 is 12.2. The van der Waals surface area contributed by atoms with Gasteiger partial charge in [0.1, 0.15) is 0 Å². The number of carbonyl (C=O) groups excluding carboxylic acids is 2. The van der Waals surface area contributed by atoms with Crippen LogP contribution in [-0.4, -0.2) is 39.6 Å². The second-order valence-corrected chi connectivity index (χ2v) is 7.42. The van der Waals surface area contributed by atoms with E-state index < -0.39 is 0 Å². The van der Waals surface area contributed by atoms with Crippen molar-refractivity contribution >= 4 is 35.0 Å². The Morgan fingerprint density at radius 1 is 1.27 bits per heavy atom. The molecule has 0 saturated carbocycles. The number of rotatable bonds is 4. The lowest BCUT2D eigenvalue weighted by molar-refractivity contribution is -0.134. The van der Waals surface area contributed by atoms with E-state index in [0.717, 1.165) is 29.7 Å². The van der Waals surface area contributed by atoms with Crippen LogP contribution in [0.1, 0.15) is 18.5 Å². The third kappa shape index (κ3) is 4.02. The quantitative estimate of drug-likeness (QED) is 0.864. The number of nitrogens with zero attached hydrogens (tertiary/aromatic N) is 3. The molecule has 138 valence electrons. The lowest BCUT2D eigenvalue weighted by Crippen LogP contribution is -2.44. The minimum absolute atomic E-state index is 0.0473. The van der Waals surface area contributed by atoms with E-state index >= 15 is 0 Å². The molecule has 0 unspecified atom stereocenters. The van der Waals surface area contributed by atoms with Gasteiger partial charge in [-0.05, 0) is 36.6 Å². The molecule has 1 aromatic carbocycles. The average Bonchev–Trinajstić information content (AvgIpc) is 2.95. The molecule has 2 aromatic rings. The fourth-order valence-corrected chi connectivity index (χ4v) is 3.84. The van der Waals surface area contributed by atoms with Crippen molar-refractivity contribution in [1.82, 2.24) is 14.7 Å². The molecule has 1 saturated heterocycles. The van der Waals surface area contributed by atoms with Crippen LogP contribution in [0.25, 0.3) is 11.1 Å². The first kappa shape index (κ1) is 18.7. The van der Waals surface area contributed by atoms with Crippen LogP contribution in [0.5, 0.6) is 0 Å². The van der Waals surface area contributed by atoms with Gasteiger partial charge in [0, 0.05) is 35.7 Å². The van der Waals surface area contributed by atoms with Crippen LogP contribution in [-0.2, 0) is 23.1 Å². The Balaban J connectivity index is 1.83. The number of hydrogen-bond acceptors (Lipinski definition) is 3. The summed E-state index contributed by atoms with van der Waals surface area (Å²) in [5.74, 6) is -0.670. The minimum atomic E-state index is -0.350. The lowest BCUT2D eigenvalue weighted by atomic mass is 9.97. The summed E-state index contributed by atoms with van der Waals surface area (Å²) in [5.41, 5.74) is 7.80. The highest BCUT2D eigenvalue weighted by Crippen LogP contribution is 2.30. The SMILES string of the molecule is Cn1ncc(-c2cc(Cl)cc(Cl)c2)c1CC(=O)N1CCC[C@H](C(N)=O)C1. The van der Waals surface area contributed by atoms with Gasteiger partial charge in [-0.15, -0.1) is 0 Å². The fraction of sp³-hybridized carbons (Fsp3) is 0.389. The van der Waals surface area contributed by atoms with Gasteiger partial charge in [0.25, 0.3) is 0 Å². The van der Waals surface area contributed by atoms with E-state index in [1.807, 2.05) is 0 Å². The molecule has 2 amide bonds. The maximum atomic E-state index is 12.8. The summed E-state index contributed by atoms with van der Waals surface area (Å²) in [5, 5.41) is 5.32. The maximum absolute atomic E-state index is 12.8. The first-order valence-corrected chi connectivity index (χ1v) is 9.15. The smallest absolute Gasteiger partial charge is 0.228 e. The van der Waals surface area contributed by atoms with Crippen LogP contribution in [0.3, 0.4) is 0 Å². The second-order valence-electron chi connectivity index (χ2n) is 6.54. The van der Waals surface area contributed by atoms with E-state index in [1.165, 1.54) is 0 Å². The topological polar surface area (TPSA) is 81.2 Å². The van der Waals surface area contributed by atoms with Crippen LogP contribution < -0.4 is 5.73 Å². The van der Waals surface area contributed by atoms with Crippen molar-refractivity contribution in [3.05, 3.63) is 40.1 Å². The Labute approximate surface area is 161 Å². The zero-order valence-corrected chi connectivity index (χ0v) is 15.9. The van der Waals surface area contributed by atoms with Crippen molar-refractivity contribution in [2.75, 3.05) is 13.1 Å². The van der Waals surface area contributed by atoms with Crippen molar-refractivity contribution in [1.29, 1.82) is 0 Å². The number of likely N-dealkylation sites (tertiary alicyclic amines) is 1. The molecule has 2 N–H and O–H groups in total. The van der Waals surface area contributed by atoms with E-state index in [2.05, 4.69) is 5.10 Å². The largest absolute Gasteiger partial charge is 0.369 e. The predicted molar refractivity (Wildman–Crippen MR) is 101 cm³/mol. The molecule has 1 aliphatic heterocycles. The average molecular weight is 395 g/mol. The van der Waals surface area contributed by atoms with Gasteiger partial charge in [-0.1, -0.05) is 23.2 Å². The molecule has 1 aliphatic rings. The van der Waals surface area contributed by atoms with Gasteiger partial charge >= 0.3 is 0 Å². The molecule has 8 heteroatoms. The Kier molecular flexibility index (Phi) is 5.53. The Bertz CT molecular complexity index is 829. The number of amides is 2. The molecule has 1 fully saturated rings. The molecule has 2 heterocycles. The maximum Gasteiger partial charge on any atom is 0.228 e. The highest BCUT2D eigenvalue weighted by molar-refractivity contribution is 6.35. The number of primary amides is 1. The second kappa shape index (κ2) is 7.68. The van der Waals surface area contributed by atoms with Gasteiger partial charge in [0.05, 0.1) is 24.2 Å². The van der Waals surface area contributed by atoms with Gasteiger partial charge < -0.3 is 10.6 Å². The highest BCUT2D eigenvalue weighted by Gasteiger charge is 2.28. The van der Waals surface area contributed by atoms with Crippen LogP contribution in [0.15, 0.2) is 24.4 Å². The van der Waals surface area contributed by atoms with Crippen LogP contribution in [0, 0.1) is 5.92 Å². The first-order chi connectivity index (χ1) is 12.3. The van der Waals surface area contributed by atoms with Crippen molar-refractivity contribution in [2.45, 2.75) is 19.3 Å². The third-order valence-corrected chi connectivity index (χ3v) is 5.17. The minimum Gasteiger partial charge on any atom is -0.369 e. The Morgan fingerprint density at radius 3 is 2.62 bits per heavy atom. The number of aryl methyl sites for hydroxylation is 1. The number of halogens is 2. The van der Waals surface area contributed by atoms with Crippen molar-refractivity contribution in [3.8, 4) is 11.1 Å². The summed E-state index contributed by atoms with van der Waals surface area (Å²) in [6, 6.07) is 5.25. The summed E-state index contributed by atoms with van der Waals surface area (Å²) in [7, 11) is 1.79. The summed E-state index contributed by atoms with van der Waals surface area (Å²) in [4.78, 5) is 25.9. The summed E-state index contributed by atoms with van der Waals surface area (Å²) in [6.45, 7) is 1.02. The number of piperidine rings is 1. The van der Waals surface area contributed by atoms with Crippen molar-refractivity contribution < 1.29 is 9.59 Å². The molecule has 0 radical (unpaired) electrons. The fourth-order valence-electron chi connectivity index (χ4n) is 3.31. The summed E-state index contributed by atoms with van der Waals surface area (Å²) < 4.78 is 1.68. The number of aromatic nitrogens is 2. The molecule has 0 spiro atoms. The van der Waals surface area contributed by atoms with Gasteiger partial charge in [-0.3, -0.25) is 14.3 Å². The highest BCUT2D eigenvalue weighted by atomic mass is 35.5. The van der Waals surface area contributed by atoms with Gasteiger partial charge in [0.15, 0.2) is 0 Å². The molecule has 3 rings (SSSR count). The molecule has 0 bridgehead atoms. The van der Waals surface area contributed by atoms with E-state index in [9.17, 15) is 9.59 Å². The van der Waals surface area contributed by atoms with Gasteiger partial charge in [-0.25, -0.2) is 0 Å². The number of benzene rings is 1. The van der Waals surface area contributed by atoms with Gasteiger partial charge in [-0.2, -0.15) is 5.10 Å². The van der Waals surface area contributed by atoms with Gasteiger partial charge in [0.2, 0.25) is 11.8 Å². The number of nitrogens with two attached hydrogens (primary N) is 1. The normalized spacial score (nSPS) is 17.3.